The van der Waals surface area contributed by atoms with Crippen LogP contribution in [0.4, 0.5) is 0 Å². The number of halogens is 3. The zero-order chi connectivity index (χ0) is 0. The average Bonchev–Trinajstić information content (AvgIpc) is 0. The molecule has 0 radical (unpaired) electrons. The Kier molecular flexibility index (Phi) is 159. The van der Waals surface area contributed by atoms with Crippen molar-refractivity contribution in [3.05, 3.63) is 0 Å². The average molecular weight is 279 g/mol. The van der Waals surface area contributed by atoms with E-state index >= 15 is 0 Å². The minimum absolute atomic E-state index is 0. The molecular formula is HCl3CsK. The van der Waals surface area contributed by atoms with Crippen molar-refractivity contribution in [2.45, 2.75) is 0 Å². The fraction of sp³-hybridized carbons (Fsp3) is 0. The fourth-order valence-electron chi connectivity index (χ4n) is 0. The van der Waals surface area contributed by atoms with Gasteiger partial charge >= 0.3 is 120 Å². The molecule has 5 heavy (non-hydrogen) atoms. The molecule has 0 saturated carbocycles. The molecule has 0 aliphatic carbocycles. The molecule has 0 fully saturated rings. The van der Waals surface area contributed by atoms with Gasteiger partial charge in [0.25, 0.3) is 0 Å². The van der Waals surface area contributed by atoms with Crippen molar-refractivity contribution in [3.8, 4) is 0 Å². The third kappa shape index (κ3) is 17.7. The zero-order valence-electron chi connectivity index (χ0n) is 3.16. The van der Waals surface area contributed by atoms with Gasteiger partial charge in [-0.15, -0.1) is 12.4 Å². The summed E-state index contributed by atoms with van der Waals surface area (Å²) in [5, 5.41) is 0. The van der Waals surface area contributed by atoms with Crippen LogP contribution in [0.15, 0.2) is 0 Å². The summed E-state index contributed by atoms with van der Waals surface area (Å²) in [5.41, 5.74) is 0. The molecule has 0 nitrogen and oxygen atoms in total. The molecule has 0 saturated heterocycles. The molecular weight excluding hydrogens is 278 g/mol. The summed E-state index contributed by atoms with van der Waals surface area (Å²) in [5.74, 6) is 0. The Bertz CT molecular complexity index is 6.85. The molecule has 0 unspecified atom stereocenters. The van der Waals surface area contributed by atoms with Crippen LogP contribution in [-0.2, 0) is 0 Å². The van der Waals surface area contributed by atoms with Crippen molar-refractivity contribution in [1.82, 2.24) is 0 Å². The third-order valence-corrected chi connectivity index (χ3v) is 0. The summed E-state index contributed by atoms with van der Waals surface area (Å²) in [7, 11) is 0. The van der Waals surface area contributed by atoms with E-state index in [-0.39, 0.29) is 157 Å². The van der Waals surface area contributed by atoms with Gasteiger partial charge in [-0.05, 0) is 0 Å². The predicted molar refractivity (Wildman–Crippen MR) is 7.25 cm³/mol. The third-order valence-electron chi connectivity index (χ3n) is 0. The molecule has 0 aromatic rings. The first kappa shape index (κ1) is 33.7. The van der Waals surface area contributed by atoms with Gasteiger partial charge in [0.1, 0.15) is 0 Å². The second-order valence-corrected chi connectivity index (χ2v) is 0. The molecule has 0 amide bonds. The Morgan fingerprint density at radius 2 is 0.800 bits per heavy atom. The Labute approximate surface area is 152 Å². The largest absolute Gasteiger partial charge is 1.00 e. The second kappa shape index (κ2) is 23.5. The minimum Gasteiger partial charge on any atom is -1.00 e. The van der Waals surface area contributed by atoms with Crippen molar-refractivity contribution >= 4 is 12.4 Å². The van der Waals surface area contributed by atoms with Gasteiger partial charge in [0, 0.05) is 0 Å². The summed E-state index contributed by atoms with van der Waals surface area (Å²) in [6, 6.07) is 0. The number of hydrogen-bond donors (Lipinski definition) is 0. The second-order valence-electron chi connectivity index (χ2n) is 0. The van der Waals surface area contributed by atoms with E-state index < -0.39 is 0 Å². The Morgan fingerprint density at radius 3 is 0.800 bits per heavy atom. The standard InChI is InChI=1S/3ClH.Cs.K/h3*1H;;/q;;;2*+1/p-2. The molecule has 0 rings (SSSR count). The number of rotatable bonds is 0. The van der Waals surface area contributed by atoms with Crippen molar-refractivity contribution in [2.75, 3.05) is 0 Å². The van der Waals surface area contributed by atoms with Crippen molar-refractivity contribution in [1.29, 1.82) is 0 Å². The van der Waals surface area contributed by atoms with Crippen molar-refractivity contribution < 1.29 is 145 Å². The molecule has 0 aromatic heterocycles. The molecule has 0 N–H and O–H groups in total. The van der Waals surface area contributed by atoms with E-state index in [0.717, 1.165) is 0 Å². The van der Waals surface area contributed by atoms with E-state index in [1.807, 2.05) is 0 Å². The van der Waals surface area contributed by atoms with Crippen LogP contribution >= 0.6 is 12.4 Å². The Morgan fingerprint density at radius 1 is 0.800 bits per heavy atom. The first-order chi connectivity index (χ1) is 0. The van der Waals surface area contributed by atoms with Gasteiger partial charge in [-0.3, -0.25) is 0 Å². The van der Waals surface area contributed by atoms with E-state index in [9.17, 15) is 0 Å². The summed E-state index contributed by atoms with van der Waals surface area (Å²) in [6.07, 6.45) is 0. The smallest absolute Gasteiger partial charge is 1.00 e. The van der Waals surface area contributed by atoms with E-state index in [1.165, 1.54) is 0 Å². The maximum atomic E-state index is 0. The first-order valence-electron chi connectivity index (χ1n) is 0. The molecule has 0 aliphatic heterocycles. The van der Waals surface area contributed by atoms with Gasteiger partial charge in [-0.1, -0.05) is 0 Å². The summed E-state index contributed by atoms with van der Waals surface area (Å²) < 4.78 is 0. The molecule has 0 atom stereocenters. The van der Waals surface area contributed by atoms with Crippen LogP contribution in [0, 0.1) is 0 Å². The van der Waals surface area contributed by atoms with Crippen LogP contribution in [-0.4, -0.2) is 0 Å². The van der Waals surface area contributed by atoms with Crippen molar-refractivity contribution in [3.63, 3.8) is 0 Å². The maximum absolute atomic E-state index is 0. The van der Waals surface area contributed by atoms with Crippen molar-refractivity contribution in [2.24, 2.45) is 0 Å². The van der Waals surface area contributed by atoms with Gasteiger partial charge < -0.3 is 24.8 Å². The Balaban J connectivity index is 0. The van der Waals surface area contributed by atoms with Crippen LogP contribution in [0.1, 0.15) is 0 Å². The van der Waals surface area contributed by atoms with Crippen LogP contribution in [0.5, 0.6) is 0 Å². The van der Waals surface area contributed by atoms with Gasteiger partial charge in [-0.2, -0.15) is 0 Å². The summed E-state index contributed by atoms with van der Waals surface area (Å²) >= 11 is 0. The van der Waals surface area contributed by atoms with Crippen LogP contribution in [0.2, 0.25) is 0 Å². The quantitative estimate of drug-likeness (QED) is 0.386. The van der Waals surface area contributed by atoms with E-state index in [2.05, 4.69) is 0 Å². The molecule has 0 aliphatic rings. The Hall–Kier alpha value is 4.56. The van der Waals surface area contributed by atoms with E-state index in [1.54, 1.807) is 0 Å². The fourth-order valence-corrected chi connectivity index (χ4v) is 0. The van der Waals surface area contributed by atoms with E-state index in [0.29, 0.717) is 0 Å². The van der Waals surface area contributed by atoms with Crippen LogP contribution in [0.3, 0.4) is 0 Å². The molecule has 24 valence electrons. The van der Waals surface area contributed by atoms with Gasteiger partial charge in [0.15, 0.2) is 0 Å². The normalized spacial score (nSPS) is 0. The minimum atomic E-state index is 0. The topological polar surface area (TPSA) is 0 Å². The monoisotopic (exact) mass is 278 g/mol. The maximum Gasteiger partial charge on any atom is 1.00 e. The van der Waals surface area contributed by atoms with Crippen LogP contribution in [0.25, 0.3) is 0 Å². The first-order valence-corrected chi connectivity index (χ1v) is 0. The molecule has 0 heterocycles. The van der Waals surface area contributed by atoms with Gasteiger partial charge in [-0.25, -0.2) is 0 Å². The van der Waals surface area contributed by atoms with Gasteiger partial charge in [0.05, 0.1) is 0 Å². The van der Waals surface area contributed by atoms with Gasteiger partial charge in [0.2, 0.25) is 0 Å². The van der Waals surface area contributed by atoms with Crippen LogP contribution < -0.4 is 145 Å². The number of hydrogen-bond acceptors (Lipinski definition) is 0. The van der Waals surface area contributed by atoms with E-state index in [4.69, 9.17) is 0 Å². The molecule has 0 bridgehead atoms. The SMILES string of the molecule is Cl.[Cl-].[Cl-].[Cs+].[K+]. The summed E-state index contributed by atoms with van der Waals surface area (Å²) in [6.45, 7) is 0. The zero-order valence-corrected chi connectivity index (χ0v) is 14.9. The molecule has 0 aromatic carbocycles. The molecule has 5 heteroatoms. The predicted octanol–water partition coefficient (Wildman–Crippen LogP) is -11.6. The summed E-state index contributed by atoms with van der Waals surface area (Å²) in [4.78, 5) is 0. The molecule has 0 spiro atoms.